The van der Waals surface area contributed by atoms with Crippen molar-refractivity contribution in [3.63, 3.8) is 0 Å². The smallest absolute Gasteiger partial charge is 0.450 e. The van der Waals surface area contributed by atoms with Crippen LogP contribution in [0.4, 0.5) is 4.79 Å². The summed E-state index contributed by atoms with van der Waals surface area (Å²) in [6.07, 6.45) is -1.83. The second-order valence-electron chi connectivity index (χ2n) is 3.24. The molecule has 0 unspecified atom stereocenters. The van der Waals surface area contributed by atoms with Gasteiger partial charge in [-0.2, -0.15) is 10.5 Å². The van der Waals surface area contributed by atoms with Crippen LogP contribution in [0.2, 0.25) is 0 Å². The number of nitrogens with zero attached hydrogens (tertiary/aromatic N) is 2. The van der Waals surface area contributed by atoms with Crippen LogP contribution in [0.15, 0.2) is 60.7 Å². The molecule has 2 N–H and O–H groups in total. The lowest BCUT2D eigenvalue weighted by molar-refractivity contribution is 0.137. The maximum atomic E-state index is 8.56. The first kappa shape index (κ1) is 16.7. The second-order valence-corrected chi connectivity index (χ2v) is 3.24. The van der Waals surface area contributed by atoms with Crippen molar-refractivity contribution >= 4 is 6.16 Å². The number of hydrogen-bond acceptors (Lipinski definition) is 3. The third kappa shape index (κ3) is 9.88. The van der Waals surface area contributed by atoms with Gasteiger partial charge in [0.15, 0.2) is 0 Å². The molecule has 20 heavy (non-hydrogen) atoms. The summed E-state index contributed by atoms with van der Waals surface area (Å²) >= 11 is 0. The summed E-state index contributed by atoms with van der Waals surface area (Å²) in [7, 11) is 0. The maximum Gasteiger partial charge on any atom is 0.503 e. The van der Waals surface area contributed by atoms with Crippen LogP contribution in [-0.4, -0.2) is 16.4 Å². The number of benzene rings is 2. The highest BCUT2D eigenvalue weighted by atomic mass is 16.6. The Morgan fingerprint density at radius 1 is 0.750 bits per heavy atom. The van der Waals surface area contributed by atoms with Crippen molar-refractivity contribution in [1.82, 2.24) is 0 Å². The predicted molar refractivity (Wildman–Crippen MR) is 73.0 cm³/mol. The van der Waals surface area contributed by atoms with Gasteiger partial charge in [-0.15, -0.1) is 0 Å². The zero-order valence-electron chi connectivity index (χ0n) is 10.5. The van der Waals surface area contributed by atoms with E-state index in [1.165, 1.54) is 0 Å². The van der Waals surface area contributed by atoms with Gasteiger partial charge in [-0.3, -0.25) is 0 Å². The molecular formula is C15H12N2O3. The molecule has 0 heterocycles. The van der Waals surface area contributed by atoms with Crippen molar-refractivity contribution in [3.8, 4) is 12.1 Å². The molecule has 0 aromatic heterocycles. The molecule has 0 bridgehead atoms. The highest BCUT2D eigenvalue weighted by Crippen LogP contribution is 1.93. The van der Waals surface area contributed by atoms with E-state index in [0.717, 1.165) is 0 Å². The minimum Gasteiger partial charge on any atom is -0.450 e. The Bertz CT molecular complexity index is 531. The van der Waals surface area contributed by atoms with Crippen molar-refractivity contribution in [1.29, 1.82) is 10.5 Å². The van der Waals surface area contributed by atoms with Crippen LogP contribution in [0.1, 0.15) is 11.1 Å². The Morgan fingerprint density at radius 2 is 1.00 bits per heavy atom. The number of rotatable bonds is 0. The van der Waals surface area contributed by atoms with Crippen LogP contribution >= 0.6 is 0 Å². The molecule has 0 aliphatic heterocycles. The lowest BCUT2D eigenvalue weighted by Gasteiger charge is -1.80. The Kier molecular flexibility index (Phi) is 9.03. The minimum absolute atomic E-state index is 0.715. The fraction of sp³-hybridized carbons (Fsp3) is 0. The summed E-state index contributed by atoms with van der Waals surface area (Å²) in [5.74, 6) is 0. The minimum atomic E-state index is -1.83. The van der Waals surface area contributed by atoms with Crippen molar-refractivity contribution < 1.29 is 15.0 Å². The molecule has 2 aromatic rings. The van der Waals surface area contributed by atoms with E-state index in [9.17, 15) is 0 Å². The van der Waals surface area contributed by atoms with Gasteiger partial charge in [-0.1, -0.05) is 36.4 Å². The van der Waals surface area contributed by atoms with Gasteiger partial charge in [0.1, 0.15) is 0 Å². The molecule has 0 atom stereocenters. The fourth-order valence-corrected chi connectivity index (χ4v) is 1.03. The standard InChI is InChI=1S/2C7H5N.CH2O3/c2*8-6-7-4-2-1-3-5-7;2-1(3)4/h2*1-5H;(H2,2,3,4). The quantitative estimate of drug-likeness (QED) is 0.762. The molecule has 2 aromatic carbocycles. The molecule has 0 saturated heterocycles. The third-order valence-electron chi connectivity index (χ3n) is 1.81. The number of carbonyl (C=O) groups is 1. The van der Waals surface area contributed by atoms with E-state index in [0.29, 0.717) is 11.1 Å². The lowest BCUT2D eigenvalue weighted by Crippen LogP contribution is -1.81. The zero-order chi connectivity index (χ0) is 15.2. The first-order valence-corrected chi connectivity index (χ1v) is 5.42. The van der Waals surface area contributed by atoms with Crippen LogP contribution in [0.3, 0.4) is 0 Å². The molecule has 100 valence electrons. The van der Waals surface area contributed by atoms with Gasteiger partial charge in [0.05, 0.1) is 23.3 Å². The van der Waals surface area contributed by atoms with Crippen molar-refractivity contribution in [2.24, 2.45) is 0 Å². The van der Waals surface area contributed by atoms with Gasteiger partial charge in [0.2, 0.25) is 0 Å². The molecule has 0 radical (unpaired) electrons. The molecule has 0 spiro atoms. The highest BCUT2D eigenvalue weighted by molar-refractivity contribution is 5.53. The van der Waals surface area contributed by atoms with E-state index in [1.807, 2.05) is 48.5 Å². The largest absolute Gasteiger partial charge is 0.503 e. The van der Waals surface area contributed by atoms with E-state index in [2.05, 4.69) is 0 Å². The van der Waals surface area contributed by atoms with Crippen LogP contribution in [0, 0.1) is 22.7 Å². The molecule has 2 rings (SSSR count). The van der Waals surface area contributed by atoms with Gasteiger partial charge in [0, 0.05) is 0 Å². The van der Waals surface area contributed by atoms with E-state index in [4.69, 9.17) is 25.5 Å². The molecule has 0 fully saturated rings. The summed E-state index contributed by atoms with van der Waals surface area (Å²) in [6, 6.07) is 22.3. The summed E-state index contributed by atoms with van der Waals surface area (Å²) < 4.78 is 0. The average Bonchev–Trinajstić information content (AvgIpc) is 2.49. The van der Waals surface area contributed by atoms with E-state index >= 15 is 0 Å². The van der Waals surface area contributed by atoms with Crippen molar-refractivity contribution in [3.05, 3.63) is 71.8 Å². The van der Waals surface area contributed by atoms with Crippen LogP contribution in [0.5, 0.6) is 0 Å². The van der Waals surface area contributed by atoms with E-state index in [-0.39, 0.29) is 0 Å². The molecule has 5 nitrogen and oxygen atoms in total. The van der Waals surface area contributed by atoms with E-state index < -0.39 is 6.16 Å². The molecule has 0 aliphatic carbocycles. The summed E-state index contributed by atoms with van der Waals surface area (Å²) in [5.41, 5.74) is 1.43. The average molecular weight is 268 g/mol. The lowest BCUT2D eigenvalue weighted by atomic mass is 10.2. The van der Waals surface area contributed by atoms with E-state index in [1.54, 1.807) is 24.3 Å². The molecule has 0 aliphatic rings. The van der Waals surface area contributed by atoms with Gasteiger partial charge in [-0.25, -0.2) is 4.79 Å². The Balaban J connectivity index is 0.000000289. The van der Waals surface area contributed by atoms with Gasteiger partial charge in [-0.05, 0) is 24.3 Å². The summed E-state index contributed by atoms with van der Waals surface area (Å²) in [6.45, 7) is 0. The van der Waals surface area contributed by atoms with Crippen LogP contribution < -0.4 is 0 Å². The van der Waals surface area contributed by atoms with Gasteiger partial charge < -0.3 is 10.2 Å². The highest BCUT2D eigenvalue weighted by Gasteiger charge is 1.80. The second kappa shape index (κ2) is 10.8. The molecule has 5 heteroatoms. The van der Waals surface area contributed by atoms with Gasteiger partial charge in [0.25, 0.3) is 0 Å². The Morgan fingerprint density at radius 3 is 1.15 bits per heavy atom. The summed E-state index contributed by atoms with van der Waals surface area (Å²) in [5, 5.41) is 30.5. The fourth-order valence-electron chi connectivity index (χ4n) is 1.03. The Hall–Kier alpha value is -3.31. The number of hydrogen-bond donors (Lipinski definition) is 2. The summed E-state index contributed by atoms with van der Waals surface area (Å²) in [4.78, 5) is 8.56. The monoisotopic (exact) mass is 268 g/mol. The first-order chi connectivity index (χ1) is 9.60. The van der Waals surface area contributed by atoms with Crippen molar-refractivity contribution in [2.75, 3.05) is 0 Å². The zero-order valence-corrected chi connectivity index (χ0v) is 10.5. The predicted octanol–water partition coefficient (Wildman–Crippen LogP) is 3.34. The van der Waals surface area contributed by atoms with Crippen molar-refractivity contribution in [2.45, 2.75) is 0 Å². The molecule has 0 amide bonds. The molecule has 0 saturated carbocycles. The normalized spacial score (nSPS) is 7.50. The van der Waals surface area contributed by atoms with Crippen LogP contribution in [0.25, 0.3) is 0 Å². The first-order valence-electron chi connectivity index (χ1n) is 5.42. The number of carboxylic acid groups (broad SMARTS) is 2. The topological polar surface area (TPSA) is 105 Å². The number of nitriles is 2. The SMILES string of the molecule is N#Cc1ccccc1.N#Cc1ccccc1.O=C(O)O. The third-order valence-corrected chi connectivity index (χ3v) is 1.81. The maximum absolute atomic E-state index is 8.56. The van der Waals surface area contributed by atoms with Gasteiger partial charge >= 0.3 is 6.16 Å². The van der Waals surface area contributed by atoms with Crippen LogP contribution in [-0.2, 0) is 0 Å². The Labute approximate surface area is 116 Å². The molecular weight excluding hydrogens is 256 g/mol.